The van der Waals surface area contributed by atoms with Crippen LogP contribution in [-0.2, 0) is 17.4 Å². The van der Waals surface area contributed by atoms with Crippen molar-refractivity contribution in [2.45, 2.75) is 19.5 Å². The quantitative estimate of drug-likeness (QED) is 0.794. The van der Waals surface area contributed by atoms with Gasteiger partial charge in [-0.2, -0.15) is 13.2 Å². The van der Waals surface area contributed by atoms with Crippen molar-refractivity contribution < 1.29 is 18.0 Å². The number of nitrogens with one attached hydrogen (secondary N) is 2. The fraction of sp³-hybridized carbons (Fsp3) is 0.235. The zero-order valence-electron chi connectivity index (χ0n) is 12.9. The minimum Gasteiger partial charge on any atom is -0.376 e. The lowest BCUT2D eigenvalue weighted by atomic mass is 10.1. The van der Waals surface area contributed by atoms with Gasteiger partial charge in [0.2, 0.25) is 5.91 Å². The summed E-state index contributed by atoms with van der Waals surface area (Å²) in [5.41, 5.74) is 0.575. The Kier molecular flexibility index (Phi) is 5.72. The van der Waals surface area contributed by atoms with Crippen LogP contribution in [0.1, 0.15) is 18.1 Å². The molecule has 0 radical (unpaired) electrons. The van der Waals surface area contributed by atoms with E-state index in [1.54, 1.807) is 0 Å². The fourth-order valence-electron chi connectivity index (χ4n) is 2.10. The maximum absolute atomic E-state index is 13.0. The molecule has 2 N–H and O–H groups in total. The molecule has 0 bridgehead atoms. The highest BCUT2D eigenvalue weighted by Crippen LogP contribution is 2.36. The summed E-state index contributed by atoms with van der Waals surface area (Å²) in [6.45, 7) is 1.88. The lowest BCUT2D eigenvalue weighted by Gasteiger charge is -2.14. The predicted molar refractivity (Wildman–Crippen MR) is 89.4 cm³/mol. The molecule has 0 aliphatic heterocycles. The molecular formula is C17H16ClF3N2O. The second kappa shape index (κ2) is 7.57. The molecule has 2 aromatic rings. The number of halogens is 4. The van der Waals surface area contributed by atoms with Crippen LogP contribution < -0.4 is 10.6 Å². The highest BCUT2D eigenvalue weighted by molar-refractivity contribution is 6.30. The van der Waals surface area contributed by atoms with E-state index in [-0.39, 0.29) is 17.3 Å². The van der Waals surface area contributed by atoms with E-state index < -0.39 is 17.6 Å². The Labute approximate surface area is 142 Å². The van der Waals surface area contributed by atoms with Gasteiger partial charge in [-0.05, 0) is 42.3 Å². The van der Waals surface area contributed by atoms with Crippen LogP contribution in [0.2, 0.25) is 5.02 Å². The minimum atomic E-state index is -4.60. The van der Waals surface area contributed by atoms with Crippen LogP contribution >= 0.6 is 11.6 Å². The molecule has 3 nitrogen and oxygen atoms in total. The van der Waals surface area contributed by atoms with E-state index in [1.807, 2.05) is 31.2 Å². The van der Waals surface area contributed by atoms with Crippen LogP contribution in [0.3, 0.4) is 0 Å². The lowest BCUT2D eigenvalue weighted by Crippen LogP contribution is -2.23. The minimum absolute atomic E-state index is 0.0468. The molecule has 0 aromatic heterocycles. The first-order chi connectivity index (χ1) is 11.3. The van der Waals surface area contributed by atoms with Crippen LogP contribution in [0.15, 0.2) is 42.5 Å². The number of alkyl halides is 3. The predicted octanol–water partition coefficient (Wildman–Crippen LogP) is 4.97. The summed E-state index contributed by atoms with van der Waals surface area (Å²) in [7, 11) is 0. The third-order valence-corrected chi connectivity index (χ3v) is 3.61. The molecule has 0 saturated heterocycles. The topological polar surface area (TPSA) is 41.1 Å². The van der Waals surface area contributed by atoms with Crippen molar-refractivity contribution in [1.29, 1.82) is 0 Å². The van der Waals surface area contributed by atoms with Gasteiger partial charge in [-0.3, -0.25) is 4.79 Å². The molecule has 0 saturated carbocycles. The van der Waals surface area contributed by atoms with E-state index in [4.69, 9.17) is 11.6 Å². The van der Waals surface area contributed by atoms with Gasteiger partial charge in [0.05, 0.1) is 17.8 Å². The summed E-state index contributed by atoms with van der Waals surface area (Å²) in [6, 6.07) is 10.7. The van der Waals surface area contributed by atoms with E-state index in [0.29, 0.717) is 0 Å². The first-order valence-corrected chi connectivity index (χ1v) is 7.67. The van der Waals surface area contributed by atoms with Gasteiger partial charge in [0, 0.05) is 10.7 Å². The largest absolute Gasteiger partial charge is 0.418 e. The Morgan fingerprint density at radius 3 is 2.38 bits per heavy atom. The molecule has 0 aliphatic carbocycles. The molecule has 128 valence electrons. The molecular weight excluding hydrogens is 341 g/mol. The number of benzene rings is 2. The van der Waals surface area contributed by atoms with E-state index in [0.717, 1.165) is 29.8 Å². The van der Waals surface area contributed by atoms with Crippen molar-refractivity contribution in [2.24, 2.45) is 0 Å². The molecule has 2 rings (SSSR count). The van der Waals surface area contributed by atoms with Gasteiger partial charge in [0.1, 0.15) is 0 Å². The van der Waals surface area contributed by atoms with Gasteiger partial charge in [0.25, 0.3) is 0 Å². The van der Waals surface area contributed by atoms with Gasteiger partial charge < -0.3 is 10.6 Å². The highest BCUT2D eigenvalue weighted by atomic mass is 35.5. The van der Waals surface area contributed by atoms with E-state index in [1.165, 1.54) is 6.07 Å². The number of amides is 1. The third-order valence-electron chi connectivity index (χ3n) is 3.38. The van der Waals surface area contributed by atoms with Crippen LogP contribution in [0.25, 0.3) is 0 Å². The molecule has 0 heterocycles. The highest BCUT2D eigenvalue weighted by Gasteiger charge is 2.34. The van der Waals surface area contributed by atoms with Crippen LogP contribution in [0, 0.1) is 0 Å². The van der Waals surface area contributed by atoms with Crippen molar-refractivity contribution in [3.05, 3.63) is 58.6 Å². The smallest absolute Gasteiger partial charge is 0.376 e. The zero-order valence-corrected chi connectivity index (χ0v) is 13.6. The molecule has 0 unspecified atom stereocenters. The third kappa shape index (κ3) is 4.89. The van der Waals surface area contributed by atoms with Crippen molar-refractivity contribution in [2.75, 3.05) is 17.2 Å². The molecule has 2 aromatic carbocycles. The standard InChI is InChI=1S/C17H16ClF3N2O/c1-2-11-3-6-13(7-4-11)22-10-16(24)23-15-8-5-12(18)9-14(15)17(19,20)21/h3-9,22H,2,10H2,1H3,(H,23,24). The maximum Gasteiger partial charge on any atom is 0.418 e. The summed E-state index contributed by atoms with van der Waals surface area (Å²) in [6.07, 6.45) is -3.70. The second-order valence-electron chi connectivity index (χ2n) is 5.14. The molecule has 0 spiro atoms. The van der Waals surface area contributed by atoms with E-state index >= 15 is 0 Å². The average Bonchev–Trinajstić information content (AvgIpc) is 2.54. The van der Waals surface area contributed by atoms with Crippen molar-refractivity contribution in [1.82, 2.24) is 0 Å². The molecule has 0 aliphatic rings. The number of carbonyl (C=O) groups is 1. The number of hydrogen-bond acceptors (Lipinski definition) is 2. The summed E-state index contributed by atoms with van der Waals surface area (Å²) in [5.74, 6) is -0.581. The Hall–Kier alpha value is -2.21. The summed E-state index contributed by atoms with van der Waals surface area (Å²) in [5, 5.41) is 5.08. The summed E-state index contributed by atoms with van der Waals surface area (Å²) < 4.78 is 38.9. The summed E-state index contributed by atoms with van der Waals surface area (Å²) >= 11 is 5.60. The van der Waals surface area contributed by atoms with Gasteiger partial charge in [0.15, 0.2) is 0 Å². The van der Waals surface area contributed by atoms with Gasteiger partial charge in [-0.15, -0.1) is 0 Å². The normalized spacial score (nSPS) is 11.2. The average molecular weight is 357 g/mol. The molecule has 7 heteroatoms. The lowest BCUT2D eigenvalue weighted by molar-refractivity contribution is -0.137. The Morgan fingerprint density at radius 2 is 1.79 bits per heavy atom. The van der Waals surface area contributed by atoms with Crippen molar-refractivity contribution >= 4 is 28.9 Å². The molecule has 0 fully saturated rings. The van der Waals surface area contributed by atoms with Crippen LogP contribution in [0.4, 0.5) is 24.5 Å². The number of carbonyl (C=O) groups excluding carboxylic acids is 1. The van der Waals surface area contributed by atoms with Gasteiger partial charge in [-0.25, -0.2) is 0 Å². The number of rotatable bonds is 5. The Balaban J connectivity index is 2.02. The van der Waals surface area contributed by atoms with E-state index in [9.17, 15) is 18.0 Å². The Morgan fingerprint density at radius 1 is 1.12 bits per heavy atom. The van der Waals surface area contributed by atoms with Crippen molar-refractivity contribution in [3.63, 3.8) is 0 Å². The SMILES string of the molecule is CCc1ccc(NCC(=O)Nc2ccc(Cl)cc2C(F)(F)F)cc1. The first-order valence-electron chi connectivity index (χ1n) is 7.29. The number of hydrogen-bond donors (Lipinski definition) is 2. The molecule has 0 atom stereocenters. The van der Waals surface area contributed by atoms with Crippen LogP contribution in [0.5, 0.6) is 0 Å². The van der Waals surface area contributed by atoms with E-state index in [2.05, 4.69) is 10.6 Å². The summed E-state index contributed by atoms with van der Waals surface area (Å²) in [4.78, 5) is 11.9. The van der Waals surface area contributed by atoms with Gasteiger partial charge >= 0.3 is 6.18 Å². The first kappa shape index (κ1) is 18.1. The number of anilines is 2. The molecule has 1 amide bonds. The Bertz CT molecular complexity index is 715. The van der Waals surface area contributed by atoms with Crippen LogP contribution in [-0.4, -0.2) is 12.5 Å². The van der Waals surface area contributed by atoms with Crippen molar-refractivity contribution in [3.8, 4) is 0 Å². The van der Waals surface area contributed by atoms with Gasteiger partial charge in [-0.1, -0.05) is 30.7 Å². The fourth-order valence-corrected chi connectivity index (χ4v) is 2.27. The molecule has 24 heavy (non-hydrogen) atoms. The maximum atomic E-state index is 13.0. The number of aryl methyl sites for hydroxylation is 1. The second-order valence-corrected chi connectivity index (χ2v) is 5.58. The monoisotopic (exact) mass is 356 g/mol. The zero-order chi connectivity index (χ0) is 17.7.